The van der Waals surface area contributed by atoms with Crippen LogP contribution in [0.15, 0.2) is 83.4 Å². The summed E-state index contributed by atoms with van der Waals surface area (Å²) in [6.45, 7) is 0. The van der Waals surface area contributed by atoms with Gasteiger partial charge in [-0.2, -0.15) is 0 Å². The third kappa shape index (κ3) is 3.14. The minimum atomic E-state index is -0.376. The molecule has 0 aliphatic heterocycles. The molecule has 1 N–H and O–H groups in total. The molecule has 4 rings (SSSR count). The molecule has 0 amide bonds. The molecule has 0 atom stereocenters. The Kier molecular flexibility index (Phi) is 4.64. The van der Waals surface area contributed by atoms with Crippen molar-refractivity contribution < 1.29 is 19.2 Å². The van der Waals surface area contributed by atoms with Crippen LogP contribution in [-0.4, -0.2) is 23.2 Å². The van der Waals surface area contributed by atoms with Gasteiger partial charge in [0, 0.05) is 17.2 Å². The zero-order chi connectivity index (χ0) is 19.5. The predicted molar refractivity (Wildman–Crippen MR) is 105 cm³/mol. The summed E-state index contributed by atoms with van der Waals surface area (Å²) >= 11 is 0. The summed E-state index contributed by atoms with van der Waals surface area (Å²) in [5.41, 5.74) is 2.37. The predicted octanol–water partition coefficient (Wildman–Crippen LogP) is 4.95. The van der Waals surface area contributed by atoms with Gasteiger partial charge < -0.3 is 14.4 Å². The number of carbonyl (C=O) groups is 1. The number of ether oxygens (including phenoxy) is 1. The Balaban J connectivity index is 1.91. The number of rotatable bonds is 5. The van der Waals surface area contributed by atoms with E-state index in [-0.39, 0.29) is 17.1 Å². The van der Waals surface area contributed by atoms with Crippen molar-refractivity contribution in [3.63, 3.8) is 0 Å². The van der Waals surface area contributed by atoms with Crippen LogP contribution in [0.4, 0.5) is 0 Å². The summed E-state index contributed by atoms with van der Waals surface area (Å²) < 4.78 is 10.7. The number of hydrogen-bond acceptors (Lipinski definition) is 5. The molecular weight excluding hydrogens is 354 g/mol. The molecule has 0 aliphatic carbocycles. The van der Waals surface area contributed by atoms with Crippen LogP contribution in [0.25, 0.3) is 22.6 Å². The number of nitrogens with zero attached hydrogens (tertiary/aromatic N) is 1. The third-order valence-electron chi connectivity index (χ3n) is 4.45. The molecule has 0 unspecified atom stereocenters. The van der Waals surface area contributed by atoms with Crippen molar-refractivity contribution in [1.82, 2.24) is 5.16 Å². The van der Waals surface area contributed by atoms with E-state index < -0.39 is 0 Å². The van der Waals surface area contributed by atoms with E-state index in [1.807, 2.05) is 60.7 Å². The molecule has 0 aliphatic rings. The Labute approximate surface area is 161 Å². The van der Waals surface area contributed by atoms with E-state index in [9.17, 15) is 9.90 Å². The highest BCUT2D eigenvalue weighted by Gasteiger charge is 2.27. The highest BCUT2D eigenvalue weighted by atomic mass is 16.5. The van der Waals surface area contributed by atoms with E-state index in [1.54, 1.807) is 6.07 Å². The molecule has 0 saturated heterocycles. The van der Waals surface area contributed by atoms with Crippen LogP contribution < -0.4 is 4.74 Å². The lowest BCUT2D eigenvalue weighted by molar-refractivity contribution is 0.103. The first-order valence-electron chi connectivity index (χ1n) is 8.71. The number of aromatic nitrogens is 1. The normalized spacial score (nSPS) is 10.6. The van der Waals surface area contributed by atoms with Crippen molar-refractivity contribution in [3.8, 4) is 34.1 Å². The quantitative estimate of drug-likeness (QED) is 0.502. The maximum Gasteiger partial charge on any atom is 0.202 e. The van der Waals surface area contributed by atoms with Crippen LogP contribution >= 0.6 is 0 Å². The van der Waals surface area contributed by atoms with Crippen molar-refractivity contribution in [2.75, 3.05) is 7.11 Å². The van der Waals surface area contributed by atoms with Crippen LogP contribution in [0.1, 0.15) is 15.9 Å². The summed E-state index contributed by atoms with van der Waals surface area (Å²) in [5, 5.41) is 14.5. The van der Waals surface area contributed by atoms with E-state index >= 15 is 0 Å². The van der Waals surface area contributed by atoms with Crippen molar-refractivity contribution in [2.24, 2.45) is 0 Å². The molecule has 5 nitrogen and oxygen atoms in total. The van der Waals surface area contributed by atoms with E-state index in [4.69, 9.17) is 9.26 Å². The van der Waals surface area contributed by atoms with Crippen LogP contribution in [0.5, 0.6) is 11.5 Å². The standard InChI is InChI=1S/C23H17NO4/c1-27-17-12-13-18(19(25)14-17)22(26)20-21(15-8-4-2-5-9-15)24-28-23(20)16-10-6-3-7-11-16/h2-14,25H,1H3. The molecule has 0 bridgehead atoms. The summed E-state index contributed by atoms with van der Waals surface area (Å²) in [7, 11) is 1.50. The fraction of sp³-hybridized carbons (Fsp3) is 0.0435. The highest BCUT2D eigenvalue weighted by molar-refractivity contribution is 6.16. The second-order valence-corrected chi connectivity index (χ2v) is 6.18. The number of methoxy groups -OCH3 is 1. The first kappa shape index (κ1) is 17.5. The van der Waals surface area contributed by atoms with Crippen molar-refractivity contribution in [3.05, 3.63) is 90.0 Å². The van der Waals surface area contributed by atoms with Gasteiger partial charge in [0.1, 0.15) is 17.2 Å². The van der Waals surface area contributed by atoms with Gasteiger partial charge in [-0.1, -0.05) is 65.8 Å². The first-order valence-corrected chi connectivity index (χ1v) is 8.71. The zero-order valence-electron chi connectivity index (χ0n) is 15.1. The SMILES string of the molecule is COc1ccc(C(=O)c2c(-c3ccccc3)noc2-c2ccccc2)c(O)c1. The maximum atomic E-state index is 13.4. The monoisotopic (exact) mass is 371 g/mol. The van der Waals surface area contributed by atoms with Gasteiger partial charge in [0.2, 0.25) is 5.78 Å². The Morgan fingerprint density at radius 2 is 1.57 bits per heavy atom. The van der Waals surface area contributed by atoms with E-state index in [2.05, 4.69) is 5.16 Å². The molecule has 3 aromatic carbocycles. The Morgan fingerprint density at radius 1 is 0.929 bits per heavy atom. The van der Waals surface area contributed by atoms with Crippen LogP contribution in [0.3, 0.4) is 0 Å². The second-order valence-electron chi connectivity index (χ2n) is 6.18. The maximum absolute atomic E-state index is 13.4. The Hall–Kier alpha value is -3.86. The Bertz CT molecular complexity index is 1060. The summed E-state index contributed by atoms with van der Waals surface area (Å²) in [6, 6.07) is 23.2. The lowest BCUT2D eigenvalue weighted by atomic mass is 9.95. The smallest absolute Gasteiger partial charge is 0.202 e. The van der Waals surface area contributed by atoms with Crippen LogP contribution in [0, 0.1) is 0 Å². The van der Waals surface area contributed by atoms with Gasteiger partial charge in [-0.25, -0.2) is 0 Å². The second kappa shape index (κ2) is 7.40. The number of hydrogen-bond donors (Lipinski definition) is 1. The molecule has 0 saturated carbocycles. The van der Waals surface area contributed by atoms with Gasteiger partial charge in [0.15, 0.2) is 5.76 Å². The minimum absolute atomic E-state index is 0.151. The molecule has 1 heterocycles. The van der Waals surface area contributed by atoms with Gasteiger partial charge in [-0.15, -0.1) is 0 Å². The van der Waals surface area contributed by atoms with E-state index in [0.29, 0.717) is 22.8 Å². The molecule has 0 radical (unpaired) electrons. The number of benzene rings is 3. The topological polar surface area (TPSA) is 72.6 Å². The fourth-order valence-corrected chi connectivity index (χ4v) is 3.05. The number of phenols is 1. The van der Waals surface area contributed by atoms with Crippen molar-refractivity contribution in [1.29, 1.82) is 0 Å². The van der Waals surface area contributed by atoms with Gasteiger partial charge in [0.25, 0.3) is 0 Å². The average molecular weight is 371 g/mol. The number of carbonyl (C=O) groups excluding carboxylic acids is 1. The minimum Gasteiger partial charge on any atom is -0.507 e. The lowest BCUT2D eigenvalue weighted by Gasteiger charge is -2.08. The molecule has 138 valence electrons. The number of ketones is 1. The summed E-state index contributed by atoms with van der Waals surface area (Å²) in [5.74, 6) is 0.285. The Morgan fingerprint density at radius 3 is 2.18 bits per heavy atom. The van der Waals surface area contributed by atoms with Crippen molar-refractivity contribution in [2.45, 2.75) is 0 Å². The molecule has 4 aromatic rings. The zero-order valence-corrected chi connectivity index (χ0v) is 15.1. The molecule has 1 aromatic heterocycles. The van der Waals surface area contributed by atoms with Gasteiger partial charge >= 0.3 is 0 Å². The van der Waals surface area contributed by atoms with Gasteiger partial charge in [-0.05, 0) is 12.1 Å². The summed E-state index contributed by atoms with van der Waals surface area (Å²) in [6.07, 6.45) is 0. The third-order valence-corrected chi connectivity index (χ3v) is 4.45. The van der Waals surface area contributed by atoms with E-state index in [1.165, 1.54) is 19.2 Å². The molecule has 0 fully saturated rings. The fourth-order valence-electron chi connectivity index (χ4n) is 3.05. The van der Waals surface area contributed by atoms with E-state index in [0.717, 1.165) is 11.1 Å². The number of aromatic hydroxyl groups is 1. The molecular formula is C23H17NO4. The largest absolute Gasteiger partial charge is 0.507 e. The molecule has 5 heteroatoms. The van der Waals surface area contributed by atoms with Crippen LogP contribution in [-0.2, 0) is 0 Å². The summed E-state index contributed by atoms with van der Waals surface area (Å²) in [4.78, 5) is 13.4. The molecule has 28 heavy (non-hydrogen) atoms. The van der Waals surface area contributed by atoms with Crippen molar-refractivity contribution >= 4 is 5.78 Å². The molecule has 0 spiro atoms. The van der Waals surface area contributed by atoms with Gasteiger partial charge in [0.05, 0.1) is 18.2 Å². The first-order chi connectivity index (χ1) is 13.7. The lowest BCUT2D eigenvalue weighted by Crippen LogP contribution is -2.04. The van der Waals surface area contributed by atoms with Gasteiger partial charge in [-0.3, -0.25) is 4.79 Å². The average Bonchev–Trinajstić information content (AvgIpc) is 3.19. The number of phenolic OH excluding ortho intramolecular Hbond substituents is 1. The van der Waals surface area contributed by atoms with Crippen LogP contribution in [0.2, 0.25) is 0 Å². The highest BCUT2D eigenvalue weighted by Crippen LogP contribution is 2.36.